The van der Waals surface area contributed by atoms with Crippen LogP contribution in [0.3, 0.4) is 0 Å². The SMILES string of the molecule is CN(C(=O)COc1nc(C(C)(C)C)no1)C1CC1. The molecule has 100 valence electrons. The van der Waals surface area contributed by atoms with Gasteiger partial charge in [-0.15, -0.1) is 0 Å². The van der Waals surface area contributed by atoms with Gasteiger partial charge >= 0.3 is 6.08 Å². The maximum atomic E-state index is 11.7. The monoisotopic (exact) mass is 253 g/mol. The Morgan fingerprint density at radius 1 is 1.50 bits per heavy atom. The summed E-state index contributed by atoms with van der Waals surface area (Å²) in [5, 5.41) is 3.82. The van der Waals surface area contributed by atoms with Crippen molar-refractivity contribution in [2.24, 2.45) is 0 Å². The summed E-state index contributed by atoms with van der Waals surface area (Å²) in [6, 6.07) is 0.383. The lowest BCUT2D eigenvalue weighted by atomic mass is 9.96. The molecule has 1 amide bonds. The number of amides is 1. The van der Waals surface area contributed by atoms with E-state index in [1.165, 1.54) is 0 Å². The Kier molecular flexibility index (Phi) is 3.28. The van der Waals surface area contributed by atoms with Gasteiger partial charge in [-0.25, -0.2) is 0 Å². The Morgan fingerprint density at radius 3 is 2.67 bits per heavy atom. The van der Waals surface area contributed by atoms with Gasteiger partial charge in [0.1, 0.15) is 0 Å². The van der Waals surface area contributed by atoms with Crippen molar-refractivity contribution < 1.29 is 14.1 Å². The normalized spacial score (nSPS) is 15.6. The van der Waals surface area contributed by atoms with Crippen LogP contribution in [0, 0.1) is 0 Å². The van der Waals surface area contributed by atoms with E-state index in [1.807, 2.05) is 20.8 Å². The quantitative estimate of drug-likeness (QED) is 0.810. The van der Waals surface area contributed by atoms with Gasteiger partial charge in [0.2, 0.25) is 0 Å². The Labute approximate surface area is 106 Å². The second kappa shape index (κ2) is 4.59. The molecule has 1 heterocycles. The third kappa shape index (κ3) is 3.00. The summed E-state index contributed by atoms with van der Waals surface area (Å²) in [7, 11) is 1.79. The highest BCUT2D eigenvalue weighted by Crippen LogP contribution is 2.25. The Bertz CT molecular complexity index is 432. The highest BCUT2D eigenvalue weighted by atomic mass is 16.6. The summed E-state index contributed by atoms with van der Waals surface area (Å²) in [6.45, 7) is 5.88. The molecule has 0 unspecified atom stereocenters. The van der Waals surface area contributed by atoms with Gasteiger partial charge in [-0.2, -0.15) is 4.98 Å². The first kappa shape index (κ1) is 12.9. The molecule has 0 N–H and O–H groups in total. The fraction of sp³-hybridized carbons (Fsp3) is 0.750. The molecule has 0 aromatic carbocycles. The van der Waals surface area contributed by atoms with Gasteiger partial charge in [-0.1, -0.05) is 25.9 Å². The van der Waals surface area contributed by atoms with Crippen LogP contribution >= 0.6 is 0 Å². The number of nitrogens with zero attached hydrogens (tertiary/aromatic N) is 3. The molecule has 0 atom stereocenters. The van der Waals surface area contributed by atoms with Gasteiger partial charge in [0, 0.05) is 18.5 Å². The summed E-state index contributed by atoms with van der Waals surface area (Å²) in [5.41, 5.74) is -0.195. The van der Waals surface area contributed by atoms with E-state index in [2.05, 4.69) is 10.1 Å². The lowest BCUT2D eigenvalue weighted by molar-refractivity contribution is -0.133. The third-order valence-electron chi connectivity index (χ3n) is 2.89. The maximum Gasteiger partial charge on any atom is 0.417 e. The minimum absolute atomic E-state index is 0.0532. The first-order chi connectivity index (χ1) is 8.38. The molecular weight excluding hydrogens is 234 g/mol. The van der Waals surface area contributed by atoms with Crippen molar-refractivity contribution in [1.82, 2.24) is 15.0 Å². The van der Waals surface area contributed by atoms with Crippen LogP contribution in [0.25, 0.3) is 0 Å². The highest BCUT2D eigenvalue weighted by molar-refractivity contribution is 5.78. The molecule has 0 spiro atoms. The molecule has 1 aliphatic rings. The van der Waals surface area contributed by atoms with Crippen molar-refractivity contribution >= 4 is 5.91 Å². The topological polar surface area (TPSA) is 68.5 Å². The summed E-state index contributed by atoms with van der Waals surface area (Å²) in [5.74, 6) is 0.508. The Balaban J connectivity index is 1.86. The Hall–Kier alpha value is -1.59. The smallest absolute Gasteiger partial charge is 0.417 e. The maximum absolute atomic E-state index is 11.7. The first-order valence-corrected chi connectivity index (χ1v) is 6.10. The van der Waals surface area contributed by atoms with Gasteiger partial charge in [-0.05, 0) is 12.8 Å². The van der Waals surface area contributed by atoms with Gasteiger partial charge in [-0.3, -0.25) is 9.32 Å². The summed E-state index contributed by atoms with van der Waals surface area (Å²) < 4.78 is 10.2. The molecule has 18 heavy (non-hydrogen) atoms. The van der Waals surface area contributed by atoms with E-state index < -0.39 is 0 Å². The molecule has 1 saturated carbocycles. The van der Waals surface area contributed by atoms with Crippen molar-refractivity contribution in [3.05, 3.63) is 5.82 Å². The fourth-order valence-corrected chi connectivity index (χ4v) is 1.46. The van der Waals surface area contributed by atoms with Gasteiger partial charge in [0.05, 0.1) is 0 Å². The van der Waals surface area contributed by atoms with Gasteiger partial charge in [0.25, 0.3) is 5.91 Å². The molecule has 0 saturated heterocycles. The van der Waals surface area contributed by atoms with Gasteiger partial charge in [0.15, 0.2) is 12.4 Å². The van der Waals surface area contributed by atoms with Crippen molar-refractivity contribution in [2.75, 3.05) is 13.7 Å². The van der Waals surface area contributed by atoms with Crippen LogP contribution in [0.5, 0.6) is 6.08 Å². The van der Waals surface area contributed by atoms with E-state index in [-0.39, 0.29) is 24.0 Å². The van der Waals surface area contributed by atoms with E-state index in [9.17, 15) is 4.79 Å². The molecule has 0 aliphatic heterocycles. The van der Waals surface area contributed by atoms with E-state index in [0.29, 0.717) is 11.9 Å². The number of hydrogen-bond donors (Lipinski definition) is 0. The van der Waals surface area contributed by atoms with Crippen LogP contribution < -0.4 is 4.74 Å². The van der Waals surface area contributed by atoms with Crippen LogP contribution in [-0.4, -0.2) is 40.6 Å². The minimum atomic E-state index is -0.195. The third-order valence-corrected chi connectivity index (χ3v) is 2.89. The van der Waals surface area contributed by atoms with E-state index in [4.69, 9.17) is 9.26 Å². The molecule has 1 aliphatic carbocycles. The van der Waals surface area contributed by atoms with E-state index in [0.717, 1.165) is 12.8 Å². The molecule has 1 fully saturated rings. The molecule has 6 nitrogen and oxygen atoms in total. The number of rotatable bonds is 4. The summed E-state index contributed by atoms with van der Waals surface area (Å²) >= 11 is 0. The lowest BCUT2D eigenvalue weighted by Crippen LogP contribution is -2.33. The van der Waals surface area contributed by atoms with Crippen molar-refractivity contribution in [3.8, 4) is 6.08 Å². The van der Waals surface area contributed by atoms with Crippen molar-refractivity contribution in [1.29, 1.82) is 0 Å². The number of ether oxygens (including phenoxy) is 1. The Morgan fingerprint density at radius 2 is 2.17 bits per heavy atom. The van der Waals surface area contributed by atoms with Gasteiger partial charge < -0.3 is 9.64 Å². The predicted octanol–water partition coefficient (Wildman–Crippen LogP) is 1.37. The minimum Gasteiger partial charge on any atom is -0.439 e. The average Bonchev–Trinajstić information content (AvgIpc) is 3.02. The molecule has 1 aromatic rings. The predicted molar refractivity (Wildman–Crippen MR) is 64.3 cm³/mol. The van der Waals surface area contributed by atoms with Crippen LogP contribution in [-0.2, 0) is 10.2 Å². The van der Waals surface area contributed by atoms with Crippen molar-refractivity contribution in [3.63, 3.8) is 0 Å². The molecule has 2 rings (SSSR count). The fourth-order valence-electron chi connectivity index (χ4n) is 1.46. The second-order valence-corrected chi connectivity index (χ2v) is 5.66. The largest absolute Gasteiger partial charge is 0.439 e. The zero-order valence-electron chi connectivity index (χ0n) is 11.3. The zero-order chi connectivity index (χ0) is 13.3. The molecule has 0 bridgehead atoms. The van der Waals surface area contributed by atoms with E-state index in [1.54, 1.807) is 11.9 Å². The second-order valence-electron chi connectivity index (χ2n) is 5.66. The number of aromatic nitrogens is 2. The molecule has 0 radical (unpaired) electrons. The van der Waals surface area contributed by atoms with Crippen LogP contribution in [0.15, 0.2) is 4.52 Å². The number of carbonyl (C=O) groups is 1. The van der Waals surface area contributed by atoms with Crippen LogP contribution in [0.2, 0.25) is 0 Å². The van der Waals surface area contributed by atoms with E-state index >= 15 is 0 Å². The number of carbonyl (C=O) groups excluding carboxylic acids is 1. The molecule has 6 heteroatoms. The van der Waals surface area contributed by atoms with Crippen LogP contribution in [0.4, 0.5) is 0 Å². The lowest BCUT2D eigenvalue weighted by Gasteiger charge is -2.15. The standard InChI is InChI=1S/C12H19N3O3/c1-12(2,3)10-13-11(18-14-10)17-7-9(16)15(4)8-5-6-8/h8H,5-7H2,1-4H3. The average molecular weight is 253 g/mol. The first-order valence-electron chi connectivity index (χ1n) is 6.10. The number of likely N-dealkylation sites (N-methyl/N-ethyl adjacent to an activating group) is 1. The summed E-state index contributed by atoms with van der Waals surface area (Å²) in [4.78, 5) is 17.5. The van der Waals surface area contributed by atoms with Crippen LogP contribution in [0.1, 0.15) is 39.4 Å². The van der Waals surface area contributed by atoms with Crippen molar-refractivity contribution in [2.45, 2.75) is 45.1 Å². The zero-order valence-corrected chi connectivity index (χ0v) is 11.3. The number of hydrogen-bond acceptors (Lipinski definition) is 5. The highest BCUT2D eigenvalue weighted by Gasteiger charge is 2.30. The molecular formula is C12H19N3O3. The summed E-state index contributed by atoms with van der Waals surface area (Å²) in [6.07, 6.45) is 2.21. The molecule has 1 aromatic heterocycles.